The fraction of sp³-hybridized carbons (Fsp3) is 0.357. The molecule has 4 aromatic rings. The number of hydrogen-bond donors (Lipinski definition) is 2. The number of rotatable bonds is 6. The topological polar surface area (TPSA) is 88.0 Å². The Bertz CT molecular complexity index is 1480. The highest BCUT2D eigenvalue weighted by atomic mass is 19.1. The summed E-state index contributed by atoms with van der Waals surface area (Å²) in [5.41, 5.74) is 2.39. The standard InChI is InChI=1S/C28H31F2N7O/c1-16(2)37-17(3)11-21-22(29)12-19(13-24(21)37)26-23(30)15-33-28(35-26)34-25-6-5-18(14-32-25)27(38)36-9-7-20(31-4)8-10-36/h5-6,11-16,20,31H,7-10H2,1-4H3,(H,32,33,34,35). The van der Waals surface area contributed by atoms with Crippen molar-refractivity contribution in [2.45, 2.75) is 45.7 Å². The Kier molecular flexibility index (Phi) is 7.07. The minimum atomic E-state index is -0.662. The fourth-order valence-corrected chi connectivity index (χ4v) is 5.13. The lowest BCUT2D eigenvalue weighted by Crippen LogP contribution is -2.43. The highest BCUT2D eigenvalue weighted by molar-refractivity contribution is 5.94. The maximum Gasteiger partial charge on any atom is 0.255 e. The molecule has 2 N–H and O–H groups in total. The van der Waals surface area contributed by atoms with Gasteiger partial charge >= 0.3 is 0 Å². The van der Waals surface area contributed by atoms with Crippen molar-refractivity contribution in [1.82, 2.24) is 29.7 Å². The van der Waals surface area contributed by atoms with Crippen LogP contribution in [-0.4, -0.2) is 56.5 Å². The van der Waals surface area contributed by atoms with Gasteiger partial charge in [-0.25, -0.2) is 23.7 Å². The summed E-state index contributed by atoms with van der Waals surface area (Å²) in [6, 6.07) is 8.73. The first-order valence-electron chi connectivity index (χ1n) is 12.8. The van der Waals surface area contributed by atoms with E-state index in [1.54, 1.807) is 24.3 Å². The van der Waals surface area contributed by atoms with Crippen LogP contribution in [0, 0.1) is 18.6 Å². The van der Waals surface area contributed by atoms with Crippen LogP contribution in [0.5, 0.6) is 0 Å². The molecule has 1 aliphatic heterocycles. The summed E-state index contributed by atoms with van der Waals surface area (Å²) in [6.07, 6.45) is 4.38. The quantitative estimate of drug-likeness (QED) is 0.363. The first-order chi connectivity index (χ1) is 18.2. The molecule has 4 heterocycles. The summed E-state index contributed by atoms with van der Waals surface area (Å²) in [5.74, 6) is -0.649. The second-order valence-corrected chi connectivity index (χ2v) is 9.94. The number of carbonyl (C=O) groups excluding carboxylic acids is 1. The van der Waals surface area contributed by atoms with Crippen LogP contribution in [-0.2, 0) is 0 Å². The minimum Gasteiger partial charge on any atom is -0.342 e. The molecule has 1 aliphatic rings. The van der Waals surface area contributed by atoms with Crippen LogP contribution in [0.2, 0.25) is 0 Å². The third-order valence-corrected chi connectivity index (χ3v) is 7.08. The summed E-state index contributed by atoms with van der Waals surface area (Å²) < 4.78 is 31.8. The molecule has 0 unspecified atom stereocenters. The van der Waals surface area contributed by atoms with E-state index in [0.29, 0.717) is 47.0 Å². The predicted molar refractivity (Wildman–Crippen MR) is 144 cm³/mol. The lowest BCUT2D eigenvalue weighted by atomic mass is 10.0. The third-order valence-electron chi connectivity index (χ3n) is 7.08. The molecule has 0 saturated carbocycles. The molecule has 0 radical (unpaired) electrons. The van der Waals surface area contributed by atoms with Gasteiger partial charge in [-0.1, -0.05) is 0 Å². The smallest absolute Gasteiger partial charge is 0.255 e. The van der Waals surface area contributed by atoms with Gasteiger partial charge < -0.3 is 20.1 Å². The molecule has 1 saturated heterocycles. The molecule has 3 aromatic heterocycles. The number of halogens is 2. The number of fused-ring (bicyclic) bond motifs is 1. The first-order valence-corrected chi connectivity index (χ1v) is 12.8. The molecule has 1 fully saturated rings. The third kappa shape index (κ3) is 4.96. The van der Waals surface area contributed by atoms with E-state index < -0.39 is 11.6 Å². The number of pyridine rings is 1. The molecule has 0 aliphatic carbocycles. The van der Waals surface area contributed by atoms with Crippen molar-refractivity contribution in [3.05, 3.63) is 65.6 Å². The Labute approximate surface area is 220 Å². The molecule has 0 bridgehead atoms. The lowest BCUT2D eigenvalue weighted by molar-refractivity contribution is 0.0707. The van der Waals surface area contributed by atoms with Crippen molar-refractivity contribution in [1.29, 1.82) is 0 Å². The van der Waals surface area contributed by atoms with Crippen molar-refractivity contribution in [2.24, 2.45) is 0 Å². The molecule has 5 rings (SSSR count). The van der Waals surface area contributed by atoms with Crippen molar-refractivity contribution >= 4 is 28.6 Å². The monoisotopic (exact) mass is 519 g/mol. The van der Waals surface area contributed by atoms with Crippen LogP contribution < -0.4 is 10.6 Å². The molecule has 10 heteroatoms. The summed E-state index contributed by atoms with van der Waals surface area (Å²) in [5, 5.41) is 6.69. The Balaban J connectivity index is 1.37. The van der Waals surface area contributed by atoms with Crippen molar-refractivity contribution in [3.8, 4) is 11.3 Å². The zero-order chi connectivity index (χ0) is 27.0. The number of benzene rings is 1. The molecule has 0 spiro atoms. The number of anilines is 2. The van der Waals surface area contributed by atoms with Gasteiger partial charge in [-0.05, 0) is 71.0 Å². The number of nitrogens with one attached hydrogen (secondary N) is 2. The zero-order valence-electron chi connectivity index (χ0n) is 21.9. The van der Waals surface area contributed by atoms with Crippen LogP contribution in [0.25, 0.3) is 22.2 Å². The number of aromatic nitrogens is 4. The fourth-order valence-electron chi connectivity index (χ4n) is 5.13. The second-order valence-electron chi connectivity index (χ2n) is 9.94. The van der Waals surface area contributed by atoms with Crippen LogP contribution in [0.1, 0.15) is 48.8 Å². The Hall–Kier alpha value is -3.92. The normalized spacial score (nSPS) is 14.4. The van der Waals surface area contributed by atoms with Gasteiger partial charge in [-0.2, -0.15) is 0 Å². The van der Waals surface area contributed by atoms with E-state index in [2.05, 4.69) is 25.6 Å². The molecular formula is C28H31F2N7O. The Morgan fingerprint density at radius 1 is 1.05 bits per heavy atom. The van der Waals surface area contributed by atoms with Crippen LogP contribution >= 0.6 is 0 Å². The van der Waals surface area contributed by atoms with E-state index >= 15 is 4.39 Å². The average molecular weight is 520 g/mol. The Morgan fingerprint density at radius 2 is 1.82 bits per heavy atom. The first kappa shape index (κ1) is 25.7. The highest BCUT2D eigenvalue weighted by Gasteiger charge is 2.23. The van der Waals surface area contributed by atoms with E-state index in [9.17, 15) is 9.18 Å². The molecule has 0 atom stereocenters. The molecule has 198 valence electrons. The summed E-state index contributed by atoms with van der Waals surface area (Å²) >= 11 is 0. The summed E-state index contributed by atoms with van der Waals surface area (Å²) in [7, 11) is 1.94. The minimum absolute atomic E-state index is 0.0192. The van der Waals surface area contributed by atoms with Crippen molar-refractivity contribution in [2.75, 3.05) is 25.5 Å². The molecule has 38 heavy (non-hydrogen) atoms. The summed E-state index contributed by atoms with van der Waals surface area (Å²) in [6.45, 7) is 7.35. The lowest BCUT2D eigenvalue weighted by Gasteiger charge is -2.31. The van der Waals surface area contributed by atoms with Gasteiger partial charge in [0.05, 0.1) is 17.3 Å². The molecule has 1 amide bonds. The second kappa shape index (κ2) is 10.4. The maximum absolute atomic E-state index is 15.0. The van der Waals surface area contributed by atoms with Gasteiger partial charge in [0.2, 0.25) is 5.95 Å². The number of aryl methyl sites for hydroxylation is 1. The van der Waals surface area contributed by atoms with Crippen LogP contribution in [0.3, 0.4) is 0 Å². The van der Waals surface area contributed by atoms with Gasteiger partial charge in [-0.15, -0.1) is 0 Å². The van der Waals surface area contributed by atoms with Gasteiger partial charge in [0.15, 0.2) is 5.82 Å². The van der Waals surface area contributed by atoms with E-state index in [1.165, 1.54) is 12.3 Å². The van der Waals surface area contributed by atoms with Gasteiger partial charge in [-0.3, -0.25) is 4.79 Å². The van der Waals surface area contributed by atoms with Crippen molar-refractivity contribution in [3.63, 3.8) is 0 Å². The van der Waals surface area contributed by atoms with Gasteiger partial charge in [0.1, 0.15) is 17.3 Å². The van der Waals surface area contributed by atoms with E-state index in [4.69, 9.17) is 0 Å². The highest BCUT2D eigenvalue weighted by Crippen LogP contribution is 2.32. The van der Waals surface area contributed by atoms with Crippen molar-refractivity contribution < 1.29 is 13.6 Å². The average Bonchev–Trinajstić information content (AvgIpc) is 3.26. The molecule has 8 nitrogen and oxygen atoms in total. The van der Waals surface area contributed by atoms with E-state index in [-0.39, 0.29) is 23.6 Å². The van der Waals surface area contributed by atoms with Gasteiger partial charge in [0.25, 0.3) is 5.91 Å². The maximum atomic E-state index is 15.0. The number of nitrogens with zero attached hydrogens (tertiary/aromatic N) is 5. The van der Waals surface area contributed by atoms with Crippen LogP contribution in [0.4, 0.5) is 20.5 Å². The number of carbonyl (C=O) groups is 1. The van der Waals surface area contributed by atoms with E-state index in [0.717, 1.165) is 24.7 Å². The molecular weight excluding hydrogens is 488 g/mol. The number of hydrogen-bond acceptors (Lipinski definition) is 6. The van der Waals surface area contributed by atoms with Gasteiger partial charge in [0, 0.05) is 48.0 Å². The molecule has 1 aromatic carbocycles. The van der Waals surface area contributed by atoms with Crippen LogP contribution in [0.15, 0.2) is 42.7 Å². The van der Waals surface area contributed by atoms with E-state index in [1.807, 2.05) is 37.3 Å². The predicted octanol–water partition coefficient (Wildman–Crippen LogP) is 5.23. The zero-order valence-corrected chi connectivity index (χ0v) is 21.9. The SMILES string of the molecule is CNC1CCN(C(=O)c2ccc(Nc3ncc(F)c(-c4cc(F)c5cc(C)n(C(C)C)c5c4)n3)nc2)CC1. The number of amides is 1. The number of likely N-dealkylation sites (tertiary alicyclic amines) is 1. The number of piperidine rings is 1. The summed E-state index contributed by atoms with van der Waals surface area (Å²) in [4.78, 5) is 27.3. The largest absolute Gasteiger partial charge is 0.342 e. The Morgan fingerprint density at radius 3 is 2.47 bits per heavy atom.